The number of nitrogens with one attached hydrogen (secondary N) is 1. The summed E-state index contributed by atoms with van der Waals surface area (Å²) in [5, 5.41) is 0. The summed E-state index contributed by atoms with van der Waals surface area (Å²) in [5.74, 6) is 0.406. The fourth-order valence-electron chi connectivity index (χ4n) is 0.459. The van der Waals surface area contributed by atoms with Crippen LogP contribution < -0.4 is 40.8 Å². The fraction of sp³-hybridized carbons (Fsp3) is 0. The van der Waals surface area contributed by atoms with Gasteiger partial charge in [-0.3, -0.25) is 0 Å². The Kier molecular flexibility index (Phi) is 6.46. The third-order valence-corrected chi connectivity index (χ3v) is 0.726. The average molecular weight is 245 g/mol. The highest BCUT2D eigenvalue weighted by atomic mass is 35.7. The molecule has 0 amide bonds. The number of hydrogen-bond acceptors (Lipinski definition) is 9. The van der Waals surface area contributed by atoms with Crippen molar-refractivity contribution in [3.05, 3.63) is 0 Å². The van der Waals surface area contributed by atoms with Crippen molar-refractivity contribution in [1.29, 1.82) is 0 Å². The summed E-state index contributed by atoms with van der Waals surface area (Å²) in [4.78, 5) is 9.55. The van der Waals surface area contributed by atoms with E-state index >= 15 is 0 Å². The van der Waals surface area contributed by atoms with Gasteiger partial charge in [-0.1, -0.05) is 9.97 Å². The van der Waals surface area contributed by atoms with Gasteiger partial charge in [0.25, 0.3) is 0 Å². The van der Waals surface area contributed by atoms with Crippen LogP contribution in [-0.4, -0.2) is 15.4 Å². The van der Waals surface area contributed by atoms with Gasteiger partial charge in [0.05, 0.1) is 0 Å². The molecular weight excluding hydrogens is 236 g/mol. The SMILES string of the molecule is Nc1nc(N)[nH+]c(N)n1.O.[O-][Cl+3]([O-])([O-])[O-]. The van der Waals surface area contributed by atoms with E-state index in [0.717, 1.165) is 0 Å². The molecule has 88 valence electrons. The number of nitrogen functional groups attached to an aromatic ring is 3. The van der Waals surface area contributed by atoms with E-state index in [0.29, 0.717) is 0 Å². The molecule has 1 rings (SSSR count). The third-order valence-electron chi connectivity index (χ3n) is 0.726. The largest absolute Gasteiger partial charge is 0.412 e. The number of nitrogens with zero attached hydrogens (tertiary/aromatic N) is 2. The number of anilines is 3. The molecular formula is C3H9ClN6O5. The smallest absolute Gasteiger partial charge is 0.320 e. The standard InChI is InChI=1S/C3H6N6.ClHO4.H2O/c4-1-7-2(5)9-3(6)8-1;2-1(3,4)5;/h(H6,4,5,6,7,8,9);(H,2,3,4,5);1H2. The minimum absolute atomic E-state index is 0. The van der Waals surface area contributed by atoms with E-state index in [1.165, 1.54) is 0 Å². The van der Waals surface area contributed by atoms with Gasteiger partial charge >= 0.3 is 17.8 Å². The van der Waals surface area contributed by atoms with Crippen molar-refractivity contribution >= 4 is 17.8 Å². The van der Waals surface area contributed by atoms with Crippen LogP contribution in [0.2, 0.25) is 0 Å². The summed E-state index contributed by atoms with van der Waals surface area (Å²) >= 11 is 0. The van der Waals surface area contributed by atoms with Crippen LogP contribution in [0.25, 0.3) is 0 Å². The highest BCUT2D eigenvalue weighted by molar-refractivity contribution is 5.25. The van der Waals surface area contributed by atoms with Crippen molar-refractivity contribution in [1.82, 2.24) is 9.97 Å². The van der Waals surface area contributed by atoms with Crippen molar-refractivity contribution in [2.75, 3.05) is 17.2 Å². The van der Waals surface area contributed by atoms with Crippen molar-refractivity contribution in [2.24, 2.45) is 0 Å². The second kappa shape index (κ2) is 6.07. The Morgan fingerprint density at radius 2 is 1.20 bits per heavy atom. The Labute approximate surface area is 85.2 Å². The predicted molar refractivity (Wildman–Crippen MR) is 35.4 cm³/mol. The quantitative estimate of drug-likeness (QED) is 0.391. The van der Waals surface area contributed by atoms with E-state index in [-0.39, 0.29) is 23.3 Å². The molecule has 1 heterocycles. The molecule has 0 radical (unpaired) electrons. The Bertz CT molecular complexity index is 247. The third kappa shape index (κ3) is 12.5. The summed E-state index contributed by atoms with van der Waals surface area (Å²) in [6.07, 6.45) is 0. The maximum Gasteiger partial charge on any atom is 0.320 e. The lowest BCUT2D eigenvalue weighted by molar-refractivity contribution is -2.00. The Hall–Kier alpha value is -1.50. The van der Waals surface area contributed by atoms with E-state index in [9.17, 15) is 0 Å². The first kappa shape index (κ1) is 15.9. The molecule has 1 aromatic rings. The summed E-state index contributed by atoms with van der Waals surface area (Å²) < 4.78 is 34.0. The van der Waals surface area contributed by atoms with Gasteiger partial charge < -0.3 is 22.7 Å². The zero-order valence-electron chi connectivity index (χ0n) is 7.14. The summed E-state index contributed by atoms with van der Waals surface area (Å²) in [5.41, 5.74) is 15.5. The first-order valence-corrected chi connectivity index (χ1v) is 4.11. The number of aromatic amines is 1. The van der Waals surface area contributed by atoms with Crippen molar-refractivity contribution in [3.8, 4) is 0 Å². The van der Waals surface area contributed by atoms with Gasteiger partial charge in [-0.25, -0.2) is 23.6 Å². The highest BCUT2D eigenvalue weighted by Crippen LogP contribution is 1.91. The molecule has 0 unspecified atom stereocenters. The lowest BCUT2D eigenvalue weighted by Crippen LogP contribution is -2.68. The minimum atomic E-state index is -4.94. The molecule has 0 aliphatic carbocycles. The first-order valence-electron chi connectivity index (χ1n) is 2.88. The lowest BCUT2D eigenvalue weighted by atomic mass is 10.9. The molecule has 0 fully saturated rings. The molecule has 0 spiro atoms. The van der Waals surface area contributed by atoms with E-state index < -0.39 is 10.2 Å². The van der Waals surface area contributed by atoms with Crippen LogP contribution in [0.4, 0.5) is 17.8 Å². The Morgan fingerprint density at radius 1 is 0.933 bits per heavy atom. The Morgan fingerprint density at radius 3 is 1.40 bits per heavy atom. The maximum absolute atomic E-state index is 8.49. The number of aromatic nitrogens is 3. The number of halogens is 1. The topological polar surface area (TPSA) is 242 Å². The van der Waals surface area contributed by atoms with Crippen LogP contribution in [-0.2, 0) is 0 Å². The van der Waals surface area contributed by atoms with Crippen molar-refractivity contribution < 1.29 is 39.3 Å². The van der Waals surface area contributed by atoms with Crippen molar-refractivity contribution in [2.45, 2.75) is 0 Å². The minimum Gasteiger partial charge on any atom is -0.412 e. The molecule has 11 nitrogen and oxygen atoms in total. The van der Waals surface area contributed by atoms with Crippen LogP contribution in [0, 0.1) is 10.2 Å². The second-order valence-corrected chi connectivity index (χ2v) is 2.61. The molecule has 0 aliphatic heterocycles. The van der Waals surface area contributed by atoms with Gasteiger partial charge in [0.2, 0.25) is 0 Å². The molecule has 0 saturated carbocycles. The molecule has 1 aromatic heterocycles. The fourth-order valence-corrected chi connectivity index (χ4v) is 0.459. The highest BCUT2D eigenvalue weighted by Gasteiger charge is 2.01. The number of nitrogens with two attached hydrogens (primary N) is 3. The first-order chi connectivity index (χ1) is 6.18. The summed E-state index contributed by atoms with van der Waals surface area (Å²) in [6, 6.07) is 0. The van der Waals surface area contributed by atoms with Gasteiger partial charge in [0.15, 0.2) is 0 Å². The van der Waals surface area contributed by atoms with E-state index in [2.05, 4.69) is 15.0 Å². The second-order valence-electron chi connectivity index (χ2n) is 1.86. The zero-order chi connectivity index (χ0) is 11.4. The van der Waals surface area contributed by atoms with Crippen LogP contribution in [0.5, 0.6) is 0 Å². The molecule has 12 heteroatoms. The van der Waals surface area contributed by atoms with E-state index in [1.807, 2.05) is 0 Å². The van der Waals surface area contributed by atoms with Crippen LogP contribution >= 0.6 is 0 Å². The van der Waals surface area contributed by atoms with E-state index in [1.54, 1.807) is 0 Å². The molecule has 15 heavy (non-hydrogen) atoms. The molecule has 0 aliphatic rings. The van der Waals surface area contributed by atoms with E-state index in [4.69, 9.17) is 35.8 Å². The lowest BCUT2D eigenvalue weighted by Gasteiger charge is -2.17. The van der Waals surface area contributed by atoms with Crippen molar-refractivity contribution in [3.63, 3.8) is 0 Å². The summed E-state index contributed by atoms with van der Waals surface area (Å²) in [7, 11) is -4.94. The molecule has 9 N–H and O–H groups in total. The molecule has 0 aromatic carbocycles. The van der Waals surface area contributed by atoms with Crippen LogP contribution in [0.1, 0.15) is 0 Å². The predicted octanol–water partition coefficient (Wildman–Crippen LogP) is -7.54. The number of hydrogen-bond donors (Lipinski definition) is 3. The van der Waals surface area contributed by atoms with Crippen LogP contribution in [0.15, 0.2) is 0 Å². The van der Waals surface area contributed by atoms with Crippen LogP contribution in [0.3, 0.4) is 0 Å². The molecule has 0 bridgehead atoms. The van der Waals surface area contributed by atoms with Gasteiger partial charge in [0.1, 0.15) is 0 Å². The maximum atomic E-state index is 8.49. The van der Waals surface area contributed by atoms with Gasteiger partial charge in [-0.2, -0.15) is 0 Å². The summed E-state index contributed by atoms with van der Waals surface area (Å²) in [6.45, 7) is 0. The van der Waals surface area contributed by atoms with Gasteiger partial charge in [-0.05, 0) is 0 Å². The average Bonchev–Trinajstić information content (AvgIpc) is 1.77. The van der Waals surface area contributed by atoms with Gasteiger partial charge in [0, 0.05) is 0 Å². The number of rotatable bonds is 0. The molecule has 0 saturated heterocycles. The number of H-pyrrole nitrogens is 1. The zero-order valence-corrected chi connectivity index (χ0v) is 7.89. The molecule has 0 atom stereocenters. The normalized spacial score (nSPS) is 9.60. The Balaban J connectivity index is 0. The monoisotopic (exact) mass is 244 g/mol. The van der Waals surface area contributed by atoms with Gasteiger partial charge in [-0.15, -0.1) is 10.2 Å².